The number of methoxy groups -OCH3 is 1. The quantitative estimate of drug-likeness (QED) is 0.450. The van der Waals surface area contributed by atoms with Crippen molar-refractivity contribution in [3.05, 3.63) is 29.8 Å². The van der Waals surface area contributed by atoms with Crippen molar-refractivity contribution in [3.63, 3.8) is 0 Å². The molecule has 0 unspecified atom stereocenters. The topological polar surface area (TPSA) is 36.9 Å². The number of aliphatic imine (C=N–C) groups is 1. The molecule has 0 amide bonds. The van der Waals surface area contributed by atoms with Crippen LogP contribution in [0, 0.1) is 0 Å². The summed E-state index contributed by atoms with van der Waals surface area (Å²) in [6.45, 7) is 7.44. The first-order chi connectivity index (χ1) is 10.0. The van der Waals surface area contributed by atoms with Gasteiger partial charge in [0.15, 0.2) is 5.96 Å². The van der Waals surface area contributed by atoms with E-state index in [0.717, 1.165) is 37.1 Å². The van der Waals surface area contributed by atoms with Gasteiger partial charge in [0.1, 0.15) is 5.75 Å². The summed E-state index contributed by atoms with van der Waals surface area (Å²) in [6, 6.07) is 8.13. The Hall–Kier alpha value is -0.630. The minimum atomic E-state index is 0. The maximum atomic E-state index is 5.18. The van der Waals surface area contributed by atoms with E-state index < -0.39 is 0 Å². The minimum Gasteiger partial charge on any atom is -0.497 e. The highest BCUT2D eigenvalue weighted by atomic mass is 127. The second-order valence-corrected chi connectivity index (χ2v) is 7.58. The van der Waals surface area contributed by atoms with Crippen LogP contribution in [0.1, 0.15) is 19.4 Å². The number of halogens is 1. The molecule has 1 fully saturated rings. The Morgan fingerprint density at radius 1 is 1.36 bits per heavy atom. The van der Waals surface area contributed by atoms with Gasteiger partial charge in [-0.25, -0.2) is 0 Å². The van der Waals surface area contributed by atoms with Gasteiger partial charge < -0.3 is 15.0 Å². The summed E-state index contributed by atoms with van der Waals surface area (Å²) in [5.41, 5.74) is 1.22. The molecule has 4 nitrogen and oxygen atoms in total. The summed E-state index contributed by atoms with van der Waals surface area (Å²) < 4.78 is 5.47. The molecule has 6 heteroatoms. The Bertz CT molecular complexity index is 491. The molecule has 1 heterocycles. The molecule has 1 aliphatic rings. The van der Waals surface area contributed by atoms with E-state index in [9.17, 15) is 0 Å². The number of nitrogens with zero attached hydrogens (tertiary/aromatic N) is 2. The fourth-order valence-electron chi connectivity index (χ4n) is 2.45. The third kappa shape index (κ3) is 5.53. The number of thioether (sulfide) groups is 1. The summed E-state index contributed by atoms with van der Waals surface area (Å²) in [5, 5.41) is 3.46. The lowest BCUT2D eigenvalue weighted by Gasteiger charge is -2.39. The van der Waals surface area contributed by atoms with Crippen LogP contribution >= 0.6 is 35.7 Å². The van der Waals surface area contributed by atoms with Crippen LogP contribution in [0.4, 0.5) is 0 Å². The largest absolute Gasteiger partial charge is 0.497 e. The van der Waals surface area contributed by atoms with Gasteiger partial charge in [-0.2, -0.15) is 11.8 Å². The van der Waals surface area contributed by atoms with Crippen molar-refractivity contribution in [2.75, 3.05) is 33.0 Å². The Morgan fingerprint density at radius 2 is 2.05 bits per heavy atom. The number of nitrogens with one attached hydrogen (secondary N) is 1. The van der Waals surface area contributed by atoms with Gasteiger partial charge in [0.05, 0.1) is 7.11 Å². The van der Waals surface area contributed by atoms with Crippen LogP contribution in [0.2, 0.25) is 0 Å². The molecule has 0 spiro atoms. The van der Waals surface area contributed by atoms with Crippen molar-refractivity contribution in [2.45, 2.75) is 25.1 Å². The molecule has 1 aromatic carbocycles. The summed E-state index contributed by atoms with van der Waals surface area (Å²) in [7, 11) is 3.54. The van der Waals surface area contributed by atoms with Crippen LogP contribution in [-0.2, 0) is 6.54 Å². The number of hydrogen-bond donors (Lipinski definition) is 1. The molecule has 0 aliphatic carbocycles. The lowest BCUT2D eigenvalue weighted by atomic mass is 10.2. The Kier molecular flexibility index (Phi) is 7.82. The molecule has 1 aromatic rings. The predicted octanol–water partition coefficient (Wildman–Crippen LogP) is 3.22. The molecular formula is C16H26IN3OS. The average Bonchev–Trinajstić information content (AvgIpc) is 2.47. The molecule has 124 valence electrons. The second-order valence-electron chi connectivity index (χ2n) is 5.78. The molecular weight excluding hydrogens is 409 g/mol. The number of rotatable bonds is 3. The maximum Gasteiger partial charge on any atom is 0.193 e. The van der Waals surface area contributed by atoms with E-state index in [0.29, 0.717) is 0 Å². The van der Waals surface area contributed by atoms with E-state index in [1.165, 1.54) is 5.56 Å². The third-order valence-electron chi connectivity index (χ3n) is 3.55. The van der Waals surface area contributed by atoms with Crippen LogP contribution < -0.4 is 10.1 Å². The van der Waals surface area contributed by atoms with Crippen molar-refractivity contribution >= 4 is 41.7 Å². The van der Waals surface area contributed by atoms with Gasteiger partial charge in [0.25, 0.3) is 0 Å². The fraction of sp³-hybridized carbons (Fsp3) is 0.562. The lowest BCUT2D eigenvalue weighted by molar-refractivity contribution is 0.375. The lowest BCUT2D eigenvalue weighted by Crippen LogP contribution is -2.50. The van der Waals surface area contributed by atoms with Crippen LogP contribution in [-0.4, -0.2) is 48.6 Å². The average molecular weight is 435 g/mol. The van der Waals surface area contributed by atoms with Gasteiger partial charge in [0.2, 0.25) is 0 Å². The first kappa shape index (κ1) is 19.4. The van der Waals surface area contributed by atoms with Crippen LogP contribution in [0.3, 0.4) is 0 Å². The van der Waals surface area contributed by atoms with Crippen molar-refractivity contribution < 1.29 is 4.74 Å². The first-order valence-electron chi connectivity index (χ1n) is 7.26. The van der Waals surface area contributed by atoms with Crippen molar-refractivity contribution in [1.29, 1.82) is 0 Å². The predicted molar refractivity (Wildman–Crippen MR) is 107 cm³/mol. The van der Waals surface area contributed by atoms with E-state index in [4.69, 9.17) is 4.74 Å². The Labute approximate surface area is 155 Å². The highest BCUT2D eigenvalue weighted by Crippen LogP contribution is 2.29. The van der Waals surface area contributed by atoms with E-state index in [1.807, 2.05) is 30.9 Å². The molecule has 1 saturated heterocycles. The number of ether oxygens (including phenoxy) is 1. The van der Waals surface area contributed by atoms with E-state index in [-0.39, 0.29) is 28.7 Å². The van der Waals surface area contributed by atoms with Gasteiger partial charge in [-0.15, -0.1) is 24.0 Å². The molecule has 1 N–H and O–H groups in total. The van der Waals surface area contributed by atoms with E-state index in [2.05, 4.69) is 41.2 Å². The number of benzene rings is 1. The summed E-state index contributed by atoms with van der Waals surface area (Å²) >= 11 is 2.03. The molecule has 22 heavy (non-hydrogen) atoms. The second kappa shape index (κ2) is 8.86. The Morgan fingerprint density at radius 3 is 2.59 bits per heavy atom. The van der Waals surface area contributed by atoms with Gasteiger partial charge in [-0.3, -0.25) is 4.99 Å². The van der Waals surface area contributed by atoms with Gasteiger partial charge in [-0.05, 0) is 31.5 Å². The standard InChI is InChI=1S/C16H25N3OS.HI/c1-16(2)12-19(9-10-21-16)15(17-3)18-11-13-5-7-14(20-4)8-6-13;/h5-8H,9-12H2,1-4H3,(H,17,18);1H. The summed E-state index contributed by atoms with van der Waals surface area (Å²) in [6.07, 6.45) is 0. The summed E-state index contributed by atoms with van der Waals surface area (Å²) in [4.78, 5) is 6.77. The smallest absolute Gasteiger partial charge is 0.193 e. The van der Waals surface area contributed by atoms with E-state index in [1.54, 1.807) is 7.11 Å². The first-order valence-corrected chi connectivity index (χ1v) is 8.25. The molecule has 2 rings (SSSR count). The molecule has 0 atom stereocenters. The maximum absolute atomic E-state index is 5.18. The molecule has 0 bridgehead atoms. The molecule has 0 aromatic heterocycles. The SMILES string of the molecule is CN=C(NCc1ccc(OC)cc1)N1CCSC(C)(C)C1.I. The molecule has 0 radical (unpaired) electrons. The van der Waals surface area contributed by atoms with Crippen molar-refractivity contribution in [3.8, 4) is 5.75 Å². The summed E-state index contributed by atoms with van der Waals surface area (Å²) in [5.74, 6) is 3.02. The van der Waals surface area contributed by atoms with Gasteiger partial charge in [0, 0.05) is 37.2 Å². The van der Waals surface area contributed by atoms with Crippen LogP contribution in [0.15, 0.2) is 29.3 Å². The molecule has 1 aliphatic heterocycles. The van der Waals surface area contributed by atoms with Crippen LogP contribution in [0.25, 0.3) is 0 Å². The highest BCUT2D eigenvalue weighted by Gasteiger charge is 2.28. The monoisotopic (exact) mass is 435 g/mol. The fourth-order valence-corrected chi connectivity index (χ4v) is 3.57. The van der Waals surface area contributed by atoms with Crippen LogP contribution in [0.5, 0.6) is 5.75 Å². The van der Waals surface area contributed by atoms with E-state index >= 15 is 0 Å². The Balaban J connectivity index is 0.00000242. The zero-order valence-corrected chi connectivity index (χ0v) is 16.9. The van der Waals surface area contributed by atoms with Crippen molar-refractivity contribution in [2.24, 2.45) is 4.99 Å². The zero-order valence-electron chi connectivity index (χ0n) is 13.8. The normalized spacial score (nSPS) is 17.6. The van der Waals surface area contributed by atoms with Crippen molar-refractivity contribution in [1.82, 2.24) is 10.2 Å². The van der Waals surface area contributed by atoms with Gasteiger partial charge >= 0.3 is 0 Å². The minimum absolute atomic E-state index is 0. The van der Waals surface area contributed by atoms with Gasteiger partial charge in [-0.1, -0.05) is 12.1 Å². The highest BCUT2D eigenvalue weighted by molar-refractivity contribution is 14.0. The number of guanidine groups is 1. The zero-order chi connectivity index (χ0) is 15.3. The molecule has 0 saturated carbocycles. The third-order valence-corrected chi connectivity index (χ3v) is 4.84. The number of hydrogen-bond acceptors (Lipinski definition) is 3.